The Hall–Kier alpha value is -1.50. The summed E-state index contributed by atoms with van der Waals surface area (Å²) in [6.45, 7) is 0.492. The summed E-state index contributed by atoms with van der Waals surface area (Å²) in [4.78, 5) is 16.5. The summed E-state index contributed by atoms with van der Waals surface area (Å²) in [5.74, 6) is -0.369. The van der Waals surface area contributed by atoms with E-state index in [0.29, 0.717) is 25.6 Å². The largest absolute Gasteiger partial charge is 0.417 e. The second-order valence-electron chi connectivity index (χ2n) is 4.28. The minimum Gasteiger partial charge on any atom is -0.368 e. The van der Waals surface area contributed by atoms with Crippen molar-refractivity contribution in [2.45, 2.75) is 25.1 Å². The molecular weight excluding hydrogens is 283 g/mol. The van der Waals surface area contributed by atoms with Gasteiger partial charge >= 0.3 is 6.18 Å². The van der Waals surface area contributed by atoms with E-state index in [4.69, 9.17) is 17.3 Å². The molecule has 1 fully saturated rings. The molecule has 0 aromatic carbocycles. The number of carbonyl (C=O) groups is 1. The molecule has 1 aliphatic rings. The average Bonchev–Trinajstić information content (AvgIpc) is 2.76. The molecule has 0 bridgehead atoms. The van der Waals surface area contributed by atoms with Gasteiger partial charge in [0.1, 0.15) is 11.9 Å². The fourth-order valence-corrected chi connectivity index (χ4v) is 2.39. The highest BCUT2D eigenvalue weighted by atomic mass is 35.5. The second-order valence-corrected chi connectivity index (χ2v) is 4.69. The van der Waals surface area contributed by atoms with Crippen LogP contribution in [0.4, 0.5) is 19.0 Å². The summed E-state index contributed by atoms with van der Waals surface area (Å²) in [5, 5.41) is -0.136. The molecule has 1 aliphatic heterocycles. The van der Waals surface area contributed by atoms with Gasteiger partial charge in [0, 0.05) is 12.7 Å². The van der Waals surface area contributed by atoms with Crippen LogP contribution < -0.4 is 10.6 Å². The summed E-state index contributed by atoms with van der Waals surface area (Å²) in [7, 11) is 0. The van der Waals surface area contributed by atoms with Crippen molar-refractivity contribution in [2.24, 2.45) is 5.73 Å². The van der Waals surface area contributed by atoms with Crippen LogP contribution in [0.1, 0.15) is 18.4 Å². The zero-order valence-corrected chi connectivity index (χ0v) is 10.5. The van der Waals surface area contributed by atoms with Crippen LogP contribution in [-0.2, 0) is 11.0 Å². The summed E-state index contributed by atoms with van der Waals surface area (Å²) < 4.78 is 37.5. The minimum atomic E-state index is -4.50. The molecule has 0 aliphatic carbocycles. The van der Waals surface area contributed by atoms with Gasteiger partial charge in [-0.05, 0) is 18.9 Å². The molecule has 19 heavy (non-hydrogen) atoms. The molecule has 1 atom stereocenters. The van der Waals surface area contributed by atoms with Crippen LogP contribution in [0.5, 0.6) is 0 Å². The van der Waals surface area contributed by atoms with Crippen molar-refractivity contribution >= 4 is 23.3 Å². The van der Waals surface area contributed by atoms with Crippen molar-refractivity contribution < 1.29 is 18.0 Å². The number of nitrogens with zero attached hydrogens (tertiary/aromatic N) is 2. The highest BCUT2D eigenvalue weighted by molar-refractivity contribution is 6.33. The van der Waals surface area contributed by atoms with Crippen LogP contribution in [0.2, 0.25) is 5.02 Å². The Labute approximate surface area is 112 Å². The Morgan fingerprint density at radius 3 is 2.74 bits per heavy atom. The molecular formula is C11H11ClF3N3O. The van der Waals surface area contributed by atoms with Crippen molar-refractivity contribution in [1.82, 2.24) is 4.98 Å². The van der Waals surface area contributed by atoms with Crippen molar-refractivity contribution in [1.29, 1.82) is 0 Å². The predicted octanol–water partition coefficient (Wildman–Crippen LogP) is 2.21. The maximum atomic E-state index is 12.5. The average molecular weight is 294 g/mol. The van der Waals surface area contributed by atoms with Gasteiger partial charge in [-0.25, -0.2) is 4.98 Å². The molecule has 0 radical (unpaired) electrons. The van der Waals surface area contributed by atoms with Gasteiger partial charge < -0.3 is 10.6 Å². The van der Waals surface area contributed by atoms with Crippen LogP contribution in [0, 0.1) is 0 Å². The van der Waals surface area contributed by atoms with E-state index < -0.39 is 23.7 Å². The summed E-state index contributed by atoms with van der Waals surface area (Å²) >= 11 is 5.83. The third kappa shape index (κ3) is 2.75. The number of rotatable bonds is 2. The number of amides is 1. The number of pyridine rings is 1. The Morgan fingerprint density at radius 1 is 1.53 bits per heavy atom. The third-order valence-electron chi connectivity index (χ3n) is 3.00. The maximum Gasteiger partial charge on any atom is 0.417 e. The van der Waals surface area contributed by atoms with E-state index in [0.717, 1.165) is 6.07 Å². The smallest absolute Gasteiger partial charge is 0.368 e. The Balaban J connectivity index is 2.34. The second kappa shape index (κ2) is 4.88. The third-order valence-corrected chi connectivity index (χ3v) is 3.28. The molecule has 1 aromatic heterocycles. The van der Waals surface area contributed by atoms with Crippen LogP contribution in [-0.4, -0.2) is 23.5 Å². The number of primary amides is 1. The fraction of sp³-hybridized carbons (Fsp3) is 0.455. The number of hydrogen-bond acceptors (Lipinski definition) is 3. The van der Waals surface area contributed by atoms with E-state index >= 15 is 0 Å². The number of aromatic nitrogens is 1. The molecule has 0 saturated carbocycles. The molecule has 4 nitrogen and oxygen atoms in total. The first-order valence-corrected chi connectivity index (χ1v) is 5.97. The molecule has 8 heteroatoms. The lowest BCUT2D eigenvalue weighted by Crippen LogP contribution is -2.40. The number of halogens is 4. The Bertz CT molecular complexity index is 506. The summed E-state index contributed by atoms with van der Waals surface area (Å²) in [6.07, 6.45) is -2.53. The van der Waals surface area contributed by atoms with E-state index in [1.165, 1.54) is 0 Å². The van der Waals surface area contributed by atoms with Crippen LogP contribution in [0.25, 0.3) is 0 Å². The van der Waals surface area contributed by atoms with Crippen molar-refractivity contribution in [3.8, 4) is 0 Å². The molecule has 2 rings (SSSR count). The van der Waals surface area contributed by atoms with Gasteiger partial charge in [-0.1, -0.05) is 11.6 Å². The normalized spacial score (nSPS) is 19.8. The molecule has 1 saturated heterocycles. The van der Waals surface area contributed by atoms with Crippen LogP contribution >= 0.6 is 11.6 Å². The summed E-state index contributed by atoms with van der Waals surface area (Å²) in [5.41, 5.74) is 4.32. The predicted molar refractivity (Wildman–Crippen MR) is 63.8 cm³/mol. The SMILES string of the molecule is NC(=O)[C@@H]1CCCN1c1ncc(C(F)(F)F)cc1Cl. The van der Waals surface area contributed by atoms with Gasteiger partial charge in [0.25, 0.3) is 0 Å². The van der Waals surface area contributed by atoms with Crippen LogP contribution in [0.15, 0.2) is 12.3 Å². The number of anilines is 1. The molecule has 1 amide bonds. The molecule has 0 unspecified atom stereocenters. The van der Waals surface area contributed by atoms with Gasteiger partial charge in [-0.2, -0.15) is 13.2 Å². The van der Waals surface area contributed by atoms with E-state index in [9.17, 15) is 18.0 Å². The molecule has 0 spiro atoms. The molecule has 1 aromatic rings. The van der Waals surface area contributed by atoms with E-state index in [2.05, 4.69) is 4.98 Å². The maximum absolute atomic E-state index is 12.5. The lowest BCUT2D eigenvalue weighted by molar-refractivity contribution is -0.137. The van der Waals surface area contributed by atoms with Gasteiger partial charge in [0.05, 0.1) is 10.6 Å². The number of alkyl halides is 3. The minimum absolute atomic E-state index is 0.136. The van der Waals surface area contributed by atoms with Gasteiger partial charge in [0.15, 0.2) is 0 Å². The molecule has 2 N–H and O–H groups in total. The zero-order chi connectivity index (χ0) is 14.2. The quantitative estimate of drug-likeness (QED) is 0.909. The van der Waals surface area contributed by atoms with Crippen molar-refractivity contribution in [3.05, 3.63) is 22.8 Å². The zero-order valence-electron chi connectivity index (χ0n) is 9.75. The lowest BCUT2D eigenvalue weighted by Gasteiger charge is -2.24. The highest BCUT2D eigenvalue weighted by Crippen LogP contribution is 2.35. The Morgan fingerprint density at radius 2 is 2.21 bits per heavy atom. The summed E-state index contributed by atoms with van der Waals surface area (Å²) in [6, 6.07) is 0.238. The number of hydrogen-bond donors (Lipinski definition) is 1. The number of carbonyl (C=O) groups excluding carboxylic acids is 1. The lowest BCUT2D eigenvalue weighted by atomic mass is 10.2. The monoisotopic (exact) mass is 293 g/mol. The number of nitrogens with two attached hydrogens (primary N) is 1. The van der Waals surface area contributed by atoms with Gasteiger partial charge in [-0.15, -0.1) is 0 Å². The van der Waals surface area contributed by atoms with E-state index in [1.807, 2.05) is 0 Å². The van der Waals surface area contributed by atoms with E-state index in [1.54, 1.807) is 4.90 Å². The first kappa shape index (κ1) is 13.9. The topological polar surface area (TPSA) is 59.2 Å². The van der Waals surface area contributed by atoms with Gasteiger partial charge in [0.2, 0.25) is 5.91 Å². The molecule has 104 valence electrons. The van der Waals surface area contributed by atoms with Crippen molar-refractivity contribution in [2.75, 3.05) is 11.4 Å². The van der Waals surface area contributed by atoms with E-state index in [-0.39, 0.29) is 10.8 Å². The van der Waals surface area contributed by atoms with Crippen LogP contribution in [0.3, 0.4) is 0 Å². The Kier molecular flexibility index (Phi) is 3.58. The molecule has 2 heterocycles. The van der Waals surface area contributed by atoms with Gasteiger partial charge in [-0.3, -0.25) is 4.79 Å². The van der Waals surface area contributed by atoms with Crippen molar-refractivity contribution in [3.63, 3.8) is 0 Å². The highest BCUT2D eigenvalue weighted by Gasteiger charge is 2.34. The standard InChI is InChI=1S/C11H11ClF3N3O/c12-7-4-6(11(13,14)15)5-17-10(7)18-3-1-2-8(18)9(16)19/h4-5,8H,1-3H2,(H2,16,19)/t8-/m0/s1. The fourth-order valence-electron chi connectivity index (χ4n) is 2.11. The first-order chi connectivity index (χ1) is 8.80. The first-order valence-electron chi connectivity index (χ1n) is 5.59.